The number of rotatable bonds is 6. The molecule has 0 aromatic carbocycles. The standard InChI is InChI=1S/2C17H17FN6O/c2*1-7-15(8(2)24-23-7)13-3-9-4-14(20-6-11(9)16(19)21-13)22-17(25)10-5-12(10)18/h2*3-4,6,10,12H,5H2,1-2H3,(H2,19,21)(H,23,24)(H,20,22,25)/t10?,12-;10-,12+/m11/s1. The van der Waals surface area contributed by atoms with Gasteiger partial charge in [-0.2, -0.15) is 10.2 Å². The Bertz CT molecular complexity index is 2120. The van der Waals surface area contributed by atoms with Gasteiger partial charge < -0.3 is 22.1 Å². The third-order valence-corrected chi connectivity index (χ3v) is 8.86. The number of amides is 2. The molecule has 14 nitrogen and oxygen atoms in total. The second-order valence-corrected chi connectivity index (χ2v) is 12.7. The molecule has 50 heavy (non-hydrogen) atoms. The van der Waals surface area contributed by atoms with Crippen molar-refractivity contribution >= 4 is 56.6 Å². The van der Waals surface area contributed by atoms with E-state index in [0.29, 0.717) is 45.4 Å². The van der Waals surface area contributed by atoms with E-state index in [4.69, 9.17) is 11.5 Å². The maximum Gasteiger partial charge on any atom is 0.231 e. The quantitative estimate of drug-likeness (QED) is 0.138. The van der Waals surface area contributed by atoms with Gasteiger partial charge in [-0.25, -0.2) is 28.7 Å². The van der Waals surface area contributed by atoms with Gasteiger partial charge in [0.2, 0.25) is 11.8 Å². The van der Waals surface area contributed by atoms with Crippen molar-refractivity contribution in [3.05, 3.63) is 59.4 Å². The molecule has 0 bridgehead atoms. The first-order valence-electron chi connectivity index (χ1n) is 15.9. The van der Waals surface area contributed by atoms with Crippen LogP contribution in [0.5, 0.6) is 0 Å². The van der Waals surface area contributed by atoms with Crippen molar-refractivity contribution in [2.75, 3.05) is 22.1 Å². The molecule has 256 valence electrons. The van der Waals surface area contributed by atoms with Crippen LogP contribution in [-0.2, 0) is 9.59 Å². The lowest BCUT2D eigenvalue weighted by Gasteiger charge is -2.09. The largest absolute Gasteiger partial charge is 0.383 e. The number of nitrogens with zero attached hydrogens (tertiary/aromatic N) is 6. The Hall–Kier alpha value is -6.06. The number of halogens is 2. The smallest absolute Gasteiger partial charge is 0.231 e. The van der Waals surface area contributed by atoms with E-state index in [1.807, 2.05) is 39.8 Å². The second kappa shape index (κ2) is 12.4. The molecule has 2 fully saturated rings. The van der Waals surface area contributed by atoms with Crippen LogP contribution in [0, 0.1) is 39.5 Å². The molecule has 0 spiro atoms. The van der Waals surface area contributed by atoms with Gasteiger partial charge in [0.25, 0.3) is 0 Å². The summed E-state index contributed by atoms with van der Waals surface area (Å²) in [7, 11) is 0. The minimum atomic E-state index is -1.04. The van der Waals surface area contributed by atoms with Crippen LogP contribution in [0.1, 0.15) is 35.6 Å². The van der Waals surface area contributed by atoms with Crippen molar-refractivity contribution in [3.8, 4) is 22.5 Å². The summed E-state index contributed by atoms with van der Waals surface area (Å²) >= 11 is 0. The van der Waals surface area contributed by atoms with E-state index in [9.17, 15) is 18.4 Å². The number of nitrogens with one attached hydrogen (secondary N) is 4. The number of aromatic nitrogens is 8. The summed E-state index contributed by atoms with van der Waals surface area (Å²) in [5, 5.41) is 22.5. The summed E-state index contributed by atoms with van der Waals surface area (Å²) in [6.45, 7) is 7.61. The highest BCUT2D eigenvalue weighted by molar-refractivity contribution is 6.00. The van der Waals surface area contributed by atoms with Gasteiger partial charge in [0.15, 0.2) is 0 Å². The molecule has 2 aliphatic carbocycles. The van der Waals surface area contributed by atoms with Gasteiger partial charge in [0.1, 0.15) is 35.6 Å². The normalized spacial score (nSPS) is 19.2. The van der Waals surface area contributed by atoms with Crippen LogP contribution in [0.3, 0.4) is 0 Å². The van der Waals surface area contributed by atoms with Crippen LogP contribution < -0.4 is 22.1 Å². The van der Waals surface area contributed by atoms with Crippen LogP contribution in [0.15, 0.2) is 36.7 Å². The summed E-state index contributed by atoms with van der Waals surface area (Å²) in [4.78, 5) is 41.0. The highest BCUT2D eigenvalue weighted by atomic mass is 19.1. The monoisotopic (exact) mass is 680 g/mol. The molecular formula is C34H34F2N12O2. The van der Waals surface area contributed by atoms with Gasteiger partial charge in [-0.1, -0.05) is 0 Å². The minimum Gasteiger partial charge on any atom is -0.383 e. The Kier molecular flexibility index (Phi) is 8.08. The first-order valence-corrected chi connectivity index (χ1v) is 15.9. The van der Waals surface area contributed by atoms with Crippen molar-refractivity contribution < 1.29 is 18.4 Å². The lowest BCUT2D eigenvalue weighted by Crippen LogP contribution is -2.15. The fourth-order valence-corrected chi connectivity index (χ4v) is 5.91. The molecule has 2 saturated carbocycles. The number of carbonyl (C=O) groups excluding carboxylic acids is 2. The Labute approximate surface area is 283 Å². The molecule has 0 saturated heterocycles. The Balaban J connectivity index is 0.000000157. The molecule has 4 atom stereocenters. The Morgan fingerprint density at radius 3 is 1.40 bits per heavy atom. The van der Waals surface area contributed by atoms with Crippen LogP contribution in [0.4, 0.5) is 32.1 Å². The van der Waals surface area contributed by atoms with Crippen LogP contribution in [-0.4, -0.2) is 64.5 Å². The van der Waals surface area contributed by atoms with E-state index in [-0.39, 0.29) is 24.7 Å². The fourth-order valence-electron chi connectivity index (χ4n) is 5.91. The number of nitrogens with two attached hydrogens (primary N) is 2. The fraction of sp³-hybridized carbons (Fsp3) is 0.294. The van der Waals surface area contributed by atoms with Crippen molar-refractivity contribution in [2.24, 2.45) is 11.8 Å². The number of H-pyrrole nitrogens is 2. The van der Waals surface area contributed by atoms with Gasteiger partial charge in [0, 0.05) is 45.7 Å². The molecule has 8 N–H and O–H groups in total. The van der Waals surface area contributed by atoms with Crippen LogP contribution in [0.25, 0.3) is 44.1 Å². The van der Waals surface area contributed by atoms with Gasteiger partial charge in [-0.15, -0.1) is 0 Å². The number of hydrogen-bond acceptors (Lipinski definition) is 10. The third-order valence-electron chi connectivity index (χ3n) is 8.86. The van der Waals surface area contributed by atoms with Crippen molar-refractivity contribution in [3.63, 3.8) is 0 Å². The first-order chi connectivity index (χ1) is 23.9. The zero-order valence-corrected chi connectivity index (χ0v) is 27.6. The van der Waals surface area contributed by atoms with E-state index < -0.39 is 24.2 Å². The molecule has 1 unspecified atom stereocenters. The molecule has 2 amide bonds. The average molecular weight is 681 g/mol. The molecule has 8 rings (SSSR count). The van der Waals surface area contributed by atoms with Gasteiger partial charge >= 0.3 is 0 Å². The number of nitrogen functional groups attached to an aromatic ring is 2. The lowest BCUT2D eigenvalue weighted by molar-refractivity contribution is -0.118. The second-order valence-electron chi connectivity index (χ2n) is 12.7. The topological polar surface area (TPSA) is 219 Å². The van der Waals surface area contributed by atoms with Crippen molar-refractivity contribution in [1.29, 1.82) is 0 Å². The maximum atomic E-state index is 13.0. The molecule has 0 aliphatic heterocycles. The minimum absolute atomic E-state index is 0.277. The third kappa shape index (κ3) is 6.26. The summed E-state index contributed by atoms with van der Waals surface area (Å²) in [6.07, 6.45) is 1.59. The Morgan fingerprint density at radius 2 is 1.08 bits per heavy atom. The van der Waals surface area contributed by atoms with E-state index in [2.05, 4.69) is 51.0 Å². The zero-order valence-electron chi connectivity index (χ0n) is 27.6. The number of aryl methyl sites for hydroxylation is 4. The van der Waals surface area contributed by atoms with Crippen LogP contribution >= 0.6 is 0 Å². The summed E-state index contributed by atoms with van der Waals surface area (Å²) in [6, 6.07) is 7.19. The summed E-state index contributed by atoms with van der Waals surface area (Å²) in [5.74, 6) is -0.375. The first kappa shape index (κ1) is 32.5. The maximum absolute atomic E-state index is 13.0. The highest BCUT2D eigenvalue weighted by Crippen LogP contribution is 2.36. The number of aromatic amines is 2. The number of anilines is 4. The molecule has 16 heteroatoms. The highest BCUT2D eigenvalue weighted by Gasteiger charge is 2.44. The number of alkyl halides is 2. The van der Waals surface area contributed by atoms with E-state index in [0.717, 1.165) is 44.7 Å². The van der Waals surface area contributed by atoms with E-state index in [1.54, 1.807) is 24.5 Å². The number of carbonyl (C=O) groups is 2. The molecule has 6 aromatic heterocycles. The zero-order chi connectivity index (χ0) is 35.4. The Morgan fingerprint density at radius 1 is 0.700 bits per heavy atom. The predicted octanol–water partition coefficient (Wildman–Crippen LogP) is 5.03. The van der Waals surface area contributed by atoms with Gasteiger partial charge in [-0.3, -0.25) is 19.8 Å². The predicted molar refractivity (Wildman–Crippen MR) is 185 cm³/mol. The number of fused-ring (bicyclic) bond motifs is 2. The molecule has 0 radical (unpaired) electrons. The summed E-state index contributed by atoms with van der Waals surface area (Å²) < 4.78 is 26.0. The van der Waals surface area contributed by atoms with Gasteiger partial charge in [-0.05, 0) is 75.6 Å². The molecule has 6 heterocycles. The van der Waals surface area contributed by atoms with Crippen LogP contribution in [0.2, 0.25) is 0 Å². The molecular weight excluding hydrogens is 646 g/mol. The SMILES string of the molecule is Cc1n[nH]c(C)c1-c1cc2cc(NC(=O)C3C[C@H]3F)ncc2c(N)n1.Cc1n[nH]c(C)c1-c1cc2cc(NC(=O)[C@@H]3C[C@@H]3F)ncc2c(N)n1. The van der Waals surface area contributed by atoms with Crippen molar-refractivity contribution in [2.45, 2.75) is 52.9 Å². The molecule has 2 aliphatic rings. The average Bonchev–Trinajstić information content (AvgIpc) is 3.93. The van der Waals surface area contributed by atoms with Crippen molar-refractivity contribution in [1.82, 2.24) is 40.3 Å². The lowest BCUT2D eigenvalue weighted by atomic mass is 10.1. The van der Waals surface area contributed by atoms with Gasteiger partial charge in [0.05, 0.1) is 34.6 Å². The number of hydrogen-bond donors (Lipinski definition) is 6. The molecule has 6 aromatic rings. The van der Waals surface area contributed by atoms with E-state index >= 15 is 0 Å². The van der Waals surface area contributed by atoms with E-state index in [1.165, 1.54) is 0 Å². The number of pyridine rings is 4. The summed E-state index contributed by atoms with van der Waals surface area (Å²) in [5.41, 5.74) is 18.8.